The fraction of sp³-hybridized carbons (Fsp3) is 0.154. The summed E-state index contributed by atoms with van der Waals surface area (Å²) < 4.78 is 0. The Bertz CT molecular complexity index is 551. The molecule has 2 aromatic rings. The molecule has 1 unspecified atom stereocenters. The molecule has 0 aliphatic heterocycles. The lowest BCUT2D eigenvalue weighted by atomic mass is 10.1. The highest BCUT2D eigenvalue weighted by molar-refractivity contribution is 7.07. The first-order valence-electron chi connectivity index (χ1n) is 5.43. The third kappa shape index (κ3) is 2.62. The average Bonchev–Trinajstić information content (AvgIpc) is 2.81. The predicted molar refractivity (Wildman–Crippen MR) is 70.0 cm³/mol. The van der Waals surface area contributed by atoms with Crippen molar-refractivity contribution in [1.29, 1.82) is 0 Å². The zero-order chi connectivity index (χ0) is 13.1. The summed E-state index contributed by atoms with van der Waals surface area (Å²) in [6.45, 7) is 1.87. The molecule has 0 radical (unpaired) electrons. The van der Waals surface area contributed by atoms with Gasteiger partial charge in [0.25, 0.3) is 5.91 Å². The van der Waals surface area contributed by atoms with Crippen molar-refractivity contribution >= 4 is 17.2 Å². The monoisotopic (exact) mass is 263 g/mol. The first-order valence-corrected chi connectivity index (χ1v) is 6.37. The van der Waals surface area contributed by atoms with E-state index < -0.39 is 0 Å². The van der Waals surface area contributed by atoms with Gasteiger partial charge in [-0.1, -0.05) is 0 Å². The molecule has 0 bridgehead atoms. The third-order valence-corrected chi connectivity index (χ3v) is 3.32. The number of amides is 1. The second-order valence-electron chi connectivity index (χ2n) is 3.95. The molecule has 0 aliphatic rings. The summed E-state index contributed by atoms with van der Waals surface area (Å²) in [4.78, 5) is 11.9. The van der Waals surface area contributed by atoms with Gasteiger partial charge in [-0.25, -0.2) is 0 Å². The lowest BCUT2D eigenvalue weighted by Gasteiger charge is -2.13. The van der Waals surface area contributed by atoms with Crippen LogP contribution in [0.15, 0.2) is 35.0 Å². The van der Waals surface area contributed by atoms with E-state index in [-0.39, 0.29) is 29.0 Å². The number of carbonyl (C=O) groups is 1. The molecule has 2 rings (SSSR count). The van der Waals surface area contributed by atoms with Crippen LogP contribution in [0.2, 0.25) is 0 Å². The van der Waals surface area contributed by atoms with Gasteiger partial charge in [-0.3, -0.25) is 4.79 Å². The van der Waals surface area contributed by atoms with Gasteiger partial charge < -0.3 is 15.5 Å². The van der Waals surface area contributed by atoms with Gasteiger partial charge in [-0.05, 0) is 41.4 Å². The number of hydrogen-bond donors (Lipinski definition) is 3. The Balaban J connectivity index is 2.12. The first kappa shape index (κ1) is 12.4. The van der Waals surface area contributed by atoms with E-state index in [0.29, 0.717) is 0 Å². The Morgan fingerprint density at radius 1 is 1.33 bits per heavy atom. The molecule has 18 heavy (non-hydrogen) atoms. The lowest BCUT2D eigenvalue weighted by molar-refractivity contribution is 0.0937. The van der Waals surface area contributed by atoms with E-state index in [1.165, 1.54) is 12.1 Å². The van der Waals surface area contributed by atoms with Crippen LogP contribution in [0.1, 0.15) is 28.9 Å². The normalized spacial score (nSPS) is 12.1. The third-order valence-electron chi connectivity index (χ3n) is 2.62. The number of phenols is 2. The van der Waals surface area contributed by atoms with Crippen LogP contribution in [0.4, 0.5) is 0 Å². The van der Waals surface area contributed by atoms with Gasteiger partial charge >= 0.3 is 0 Å². The molecule has 1 amide bonds. The van der Waals surface area contributed by atoms with E-state index >= 15 is 0 Å². The van der Waals surface area contributed by atoms with Gasteiger partial charge in [0.15, 0.2) is 0 Å². The molecular weight excluding hydrogens is 250 g/mol. The maximum Gasteiger partial charge on any atom is 0.255 e. The molecule has 0 saturated heterocycles. The van der Waals surface area contributed by atoms with E-state index in [2.05, 4.69) is 5.32 Å². The topological polar surface area (TPSA) is 69.6 Å². The van der Waals surface area contributed by atoms with Crippen LogP contribution < -0.4 is 5.32 Å². The minimum atomic E-state index is -0.369. The maximum absolute atomic E-state index is 11.9. The quantitative estimate of drug-likeness (QED) is 0.797. The fourth-order valence-electron chi connectivity index (χ4n) is 1.59. The van der Waals surface area contributed by atoms with Crippen LogP contribution in [0, 0.1) is 0 Å². The number of aromatic hydroxyl groups is 2. The fourth-order valence-corrected chi connectivity index (χ4v) is 2.35. The highest BCUT2D eigenvalue weighted by Gasteiger charge is 2.15. The number of thiophene rings is 1. The number of phenolic OH excluding ortho intramolecular Hbond substituents is 2. The molecule has 0 spiro atoms. The second-order valence-corrected chi connectivity index (χ2v) is 4.73. The van der Waals surface area contributed by atoms with Gasteiger partial charge in [-0.15, -0.1) is 0 Å². The van der Waals surface area contributed by atoms with Crippen molar-refractivity contribution in [2.45, 2.75) is 13.0 Å². The van der Waals surface area contributed by atoms with E-state index in [1.807, 2.05) is 23.8 Å². The summed E-state index contributed by atoms with van der Waals surface area (Å²) in [6, 6.07) is 5.71. The zero-order valence-electron chi connectivity index (χ0n) is 9.75. The predicted octanol–water partition coefficient (Wildman–Crippen LogP) is 2.65. The van der Waals surface area contributed by atoms with Crippen LogP contribution >= 0.6 is 11.3 Å². The summed E-state index contributed by atoms with van der Waals surface area (Å²) in [7, 11) is 0. The molecule has 4 nitrogen and oxygen atoms in total. The SMILES string of the molecule is CC(NC(=O)c1ccc(O)cc1O)c1ccsc1. The summed E-state index contributed by atoms with van der Waals surface area (Å²) in [5.41, 5.74) is 1.17. The van der Waals surface area contributed by atoms with Crippen molar-refractivity contribution in [1.82, 2.24) is 5.32 Å². The number of carbonyl (C=O) groups excluding carboxylic acids is 1. The average molecular weight is 263 g/mol. The zero-order valence-corrected chi connectivity index (χ0v) is 10.6. The van der Waals surface area contributed by atoms with E-state index in [4.69, 9.17) is 5.11 Å². The van der Waals surface area contributed by atoms with Crippen molar-refractivity contribution in [3.05, 3.63) is 46.2 Å². The van der Waals surface area contributed by atoms with Gasteiger partial charge in [0.2, 0.25) is 0 Å². The molecule has 0 fully saturated rings. The van der Waals surface area contributed by atoms with Crippen molar-refractivity contribution < 1.29 is 15.0 Å². The molecule has 0 aliphatic carbocycles. The molecule has 1 aromatic carbocycles. The number of rotatable bonds is 3. The number of nitrogens with one attached hydrogen (secondary N) is 1. The highest BCUT2D eigenvalue weighted by atomic mass is 32.1. The van der Waals surface area contributed by atoms with E-state index in [9.17, 15) is 9.90 Å². The molecule has 1 atom stereocenters. The summed E-state index contributed by atoms with van der Waals surface area (Å²) >= 11 is 1.56. The number of benzene rings is 1. The maximum atomic E-state index is 11.9. The Labute approximate surface area is 109 Å². The molecule has 94 valence electrons. The van der Waals surface area contributed by atoms with Gasteiger partial charge in [-0.2, -0.15) is 11.3 Å². The van der Waals surface area contributed by atoms with Crippen LogP contribution in [0.25, 0.3) is 0 Å². The molecule has 3 N–H and O–H groups in total. The minimum absolute atomic E-state index is 0.0741. The van der Waals surface area contributed by atoms with Gasteiger partial charge in [0.05, 0.1) is 11.6 Å². The number of hydrogen-bond acceptors (Lipinski definition) is 4. The lowest BCUT2D eigenvalue weighted by Crippen LogP contribution is -2.26. The molecule has 1 aromatic heterocycles. The summed E-state index contributed by atoms with van der Waals surface area (Å²) in [5, 5.41) is 25.4. The van der Waals surface area contributed by atoms with Gasteiger partial charge in [0, 0.05) is 6.07 Å². The van der Waals surface area contributed by atoms with Crippen molar-refractivity contribution in [2.75, 3.05) is 0 Å². The van der Waals surface area contributed by atoms with E-state index in [1.54, 1.807) is 11.3 Å². The van der Waals surface area contributed by atoms with Crippen molar-refractivity contribution in [3.63, 3.8) is 0 Å². The van der Waals surface area contributed by atoms with Crippen molar-refractivity contribution in [3.8, 4) is 11.5 Å². The van der Waals surface area contributed by atoms with Crippen LogP contribution in [0.3, 0.4) is 0 Å². The Hall–Kier alpha value is -2.01. The molecule has 5 heteroatoms. The largest absolute Gasteiger partial charge is 0.508 e. The Morgan fingerprint density at radius 2 is 2.11 bits per heavy atom. The first-order chi connectivity index (χ1) is 8.58. The highest BCUT2D eigenvalue weighted by Crippen LogP contribution is 2.23. The standard InChI is InChI=1S/C13H13NO3S/c1-8(9-4-5-18-7-9)14-13(17)11-3-2-10(15)6-12(11)16/h2-8,15-16H,1H3,(H,14,17). The smallest absolute Gasteiger partial charge is 0.255 e. The summed E-state index contributed by atoms with van der Waals surface area (Å²) in [6.07, 6.45) is 0. The molecular formula is C13H13NO3S. The second kappa shape index (κ2) is 5.10. The minimum Gasteiger partial charge on any atom is -0.508 e. The van der Waals surface area contributed by atoms with Crippen molar-refractivity contribution in [2.24, 2.45) is 0 Å². The van der Waals surface area contributed by atoms with Crippen LogP contribution in [-0.4, -0.2) is 16.1 Å². The molecule has 1 heterocycles. The van der Waals surface area contributed by atoms with E-state index in [0.717, 1.165) is 11.6 Å². The van der Waals surface area contributed by atoms with Crippen LogP contribution in [0.5, 0.6) is 11.5 Å². The summed E-state index contributed by atoms with van der Waals surface area (Å²) in [5.74, 6) is -0.675. The van der Waals surface area contributed by atoms with Crippen LogP contribution in [-0.2, 0) is 0 Å². The Morgan fingerprint density at radius 3 is 2.72 bits per heavy atom. The van der Waals surface area contributed by atoms with Gasteiger partial charge in [0.1, 0.15) is 11.5 Å². The molecule has 0 saturated carbocycles. The Kier molecular flexibility index (Phi) is 3.53.